The van der Waals surface area contributed by atoms with E-state index in [0.717, 1.165) is 19.3 Å². The van der Waals surface area contributed by atoms with Crippen LogP contribution in [0.25, 0.3) is 0 Å². The Morgan fingerprint density at radius 1 is 1.04 bits per heavy atom. The molecule has 1 rings (SSSR count). The van der Waals surface area contributed by atoms with Crippen molar-refractivity contribution in [3.63, 3.8) is 0 Å². The summed E-state index contributed by atoms with van der Waals surface area (Å²) in [6, 6.07) is 0.232. The van der Waals surface area contributed by atoms with E-state index < -0.39 is 11.8 Å². The lowest BCUT2D eigenvalue weighted by Gasteiger charge is -2.47. The zero-order valence-electron chi connectivity index (χ0n) is 16.5. The van der Waals surface area contributed by atoms with E-state index in [0.29, 0.717) is 17.5 Å². The summed E-state index contributed by atoms with van der Waals surface area (Å²) in [5.74, 6) is -0.363. The molecule has 0 saturated carbocycles. The molecule has 0 radical (unpaired) electrons. The lowest BCUT2D eigenvalue weighted by atomic mass is 9.90. The van der Waals surface area contributed by atoms with Gasteiger partial charge in [-0.1, -0.05) is 22.6 Å². The first-order valence-corrected chi connectivity index (χ1v) is 11.0. The zero-order valence-corrected chi connectivity index (χ0v) is 18.7. The van der Waals surface area contributed by atoms with Crippen LogP contribution in [0.4, 0.5) is 0 Å². The number of aliphatic hydroxyl groups excluding tert-OH is 1. The molecule has 8 nitrogen and oxygen atoms in total. The molecule has 0 spiro atoms. The molecule has 27 heavy (non-hydrogen) atoms. The summed E-state index contributed by atoms with van der Waals surface area (Å²) in [6.45, 7) is 7.04. The van der Waals surface area contributed by atoms with Crippen molar-refractivity contribution in [1.82, 2.24) is 20.9 Å². The smallest absolute Gasteiger partial charge is 0.229 e. The maximum absolute atomic E-state index is 12.3. The number of alkyl halides is 1. The number of aliphatic hydroxyl groups is 1. The lowest BCUT2D eigenvalue weighted by Crippen LogP contribution is -2.57. The molecule has 0 aromatic rings. The Hall–Kier alpha value is -0.940. The summed E-state index contributed by atoms with van der Waals surface area (Å²) in [5.41, 5.74) is -0.456. The molecule has 0 aromatic heterocycles. The number of halogens is 1. The minimum absolute atomic E-state index is 0.0622. The number of hydrogen-bond acceptors (Lipinski definition) is 5. The Balaban J connectivity index is 2.27. The van der Waals surface area contributed by atoms with Crippen molar-refractivity contribution in [2.45, 2.75) is 70.7 Å². The van der Waals surface area contributed by atoms with Gasteiger partial charge in [0.05, 0.1) is 4.43 Å². The average Bonchev–Trinajstić information content (AvgIpc) is 2.57. The van der Waals surface area contributed by atoms with Crippen LogP contribution in [-0.4, -0.2) is 69.6 Å². The van der Waals surface area contributed by atoms with E-state index in [-0.39, 0.29) is 43.1 Å². The number of likely N-dealkylation sites (tertiary alicyclic amines) is 1. The summed E-state index contributed by atoms with van der Waals surface area (Å²) in [5, 5.41) is 18.5. The first-order chi connectivity index (χ1) is 12.7. The predicted molar refractivity (Wildman–Crippen MR) is 112 cm³/mol. The molecule has 3 amide bonds. The fraction of sp³-hybridized carbons (Fsp3) is 0.833. The summed E-state index contributed by atoms with van der Waals surface area (Å²) in [4.78, 5) is 37.1. The Morgan fingerprint density at radius 2 is 1.63 bits per heavy atom. The van der Waals surface area contributed by atoms with E-state index in [9.17, 15) is 19.5 Å². The van der Waals surface area contributed by atoms with Crippen LogP contribution < -0.4 is 16.0 Å². The van der Waals surface area contributed by atoms with Crippen molar-refractivity contribution in [3.8, 4) is 0 Å². The average molecular weight is 496 g/mol. The van der Waals surface area contributed by atoms with Crippen LogP contribution in [0.1, 0.15) is 52.9 Å². The van der Waals surface area contributed by atoms with Gasteiger partial charge in [-0.15, -0.1) is 0 Å². The van der Waals surface area contributed by atoms with Crippen molar-refractivity contribution >= 4 is 40.3 Å². The van der Waals surface area contributed by atoms with E-state index >= 15 is 0 Å². The molecule has 1 fully saturated rings. The van der Waals surface area contributed by atoms with Crippen LogP contribution in [0.3, 0.4) is 0 Å². The van der Waals surface area contributed by atoms with Gasteiger partial charge in [-0.25, -0.2) is 0 Å². The maximum Gasteiger partial charge on any atom is 0.229 e. The first kappa shape index (κ1) is 24.1. The Morgan fingerprint density at radius 3 is 2.22 bits per heavy atom. The highest BCUT2D eigenvalue weighted by molar-refractivity contribution is 14.1. The van der Waals surface area contributed by atoms with Gasteiger partial charge in [0, 0.05) is 44.1 Å². The third-order valence-electron chi connectivity index (χ3n) is 4.74. The van der Waals surface area contributed by atoms with E-state index in [1.165, 1.54) is 0 Å². The molecule has 0 bridgehead atoms. The number of nitrogens with zero attached hydrogens (tertiary/aromatic N) is 1. The molecule has 0 aromatic carbocycles. The Bertz CT molecular complexity index is 506. The molecule has 156 valence electrons. The number of carbonyl (C=O) groups excluding carboxylic acids is 3. The first-order valence-electron chi connectivity index (χ1n) is 9.50. The SMILES string of the molecule is CC1CCCC(O)N1C(C)(C)CC(=O)NCCC(=O)NCCNC(=O)CI. The van der Waals surface area contributed by atoms with Crippen LogP contribution in [0.2, 0.25) is 0 Å². The molecular weight excluding hydrogens is 463 g/mol. The van der Waals surface area contributed by atoms with Crippen LogP contribution in [0.15, 0.2) is 0 Å². The molecule has 1 aliphatic rings. The van der Waals surface area contributed by atoms with Gasteiger partial charge in [-0.3, -0.25) is 19.3 Å². The van der Waals surface area contributed by atoms with Crippen molar-refractivity contribution in [2.75, 3.05) is 24.1 Å². The summed E-state index contributed by atoms with van der Waals surface area (Å²) in [7, 11) is 0. The highest BCUT2D eigenvalue weighted by Gasteiger charge is 2.38. The van der Waals surface area contributed by atoms with Gasteiger partial charge >= 0.3 is 0 Å². The molecular formula is C18H33IN4O4. The second-order valence-electron chi connectivity index (χ2n) is 7.59. The lowest BCUT2D eigenvalue weighted by molar-refractivity contribution is -0.133. The van der Waals surface area contributed by atoms with E-state index in [1.807, 2.05) is 41.3 Å². The zero-order chi connectivity index (χ0) is 20.4. The van der Waals surface area contributed by atoms with Crippen LogP contribution >= 0.6 is 22.6 Å². The van der Waals surface area contributed by atoms with Crippen LogP contribution in [-0.2, 0) is 14.4 Å². The molecule has 0 aliphatic carbocycles. The van der Waals surface area contributed by atoms with E-state index in [2.05, 4.69) is 22.9 Å². The van der Waals surface area contributed by atoms with Gasteiger partial charge in [-0.05, 0) is 40.0 Å². The minimum Gasteiger partial charge on any atom is -0.378 e. The molecule has 1 saturated heterocycles. The highest BCUT2D eigenvalue weighted by atomic mass is 127. The quantitative estimate of drug-likeness (QED) is 0.200. The summed E-state index contributed by atoms with van der Waals surface area (Å²) < 4.78 is 0.390. The van der Waals surface area contributed by atoms with Crippen molar-refractivity contribution < 1.29 is 19.5 Å². The number of piperidine rings is 1. The van der Waals surface area contributed by atoms with Crippen molar-refractivity contribution in [3.05, 3.63) is 0 Å². The van der Waals surface area contributed by atoms with E-state index in [4.69, 9.17) is 0 Å². The summed E-state index contributed by atoms with van der Waals surface area (Å²) in [6.07, 6.45) is 2.68. The number of hydrogen-bond donors (Lipinski definition) is 4. The van der Waals surface area contributed by atoms with Gasteiger partial charge in [0.1, 0.15) is 6.23 Å². The second-order valence-corrected chi connectivity index (χ2v) is 8.35. The minimum atomic E-state index is -0.518. The fourth-order valence-corrected chi connectivity index (χ4v) is 3.84. The van der Waals surface area contributed by atoms with Crippen LogP contribution in [0, 0.1) is 0 Å². The van der Waals surface area contributed by atoms with Gasteiger partial charge in [0.15, 0.2) is 0 Å². The number of carbonyl (C=O) groups is 3. The van der Waals surface area contributed by atoms with Gasteiger partial charge in [-0.2, -0.15) is 0 Å². The molecule has 4 N–H and O–H groups in total. The monoisotopic (exact) mass is 496 g/mol. The standard InChI is InChI=1S/C18H33IN4O4/c1-13-5-4-6-17(27)23(13)18(2,3)11-15(25)20-8-7-14(24)21-9-10-22-16(26)12-19/h13,17,27H,4-12H2,1-3H3,(H,20,25)(H,21,24)(H,22,26). The second kappa shape index (κ2) is 11.8. The topological polar surface area (TPSA) is 111 Å². The molecule has 1 heterocycles. The fourth-order valence-electron chi connectivity index (χ4n) is 3.57. The number of nitrogens with one attached hydrogen (secondary N) is 3. The number of rotatable bonds is 10. The van der Waals surface area contributed by atoms with E-state index in [1.54, 1.807) is 0 Å². The van der Waals surface area contributed by atoms with Crippen LogP contribution in [0.5, 0.6) is 0 Å². The third-order valence-corrected chi connectivity index (χ3v) is 5.43. The molecule has 2 unspecified atom stereocenters. The van der Waals surface area contributed by atoms with Crippen molar-refractivity contribution in [1.29, 1.82) is 0 Å². The summed E-state index contributed by atoms with van der Waals surface area (Å²) >= 11 is 1.97. The number of amides is 3. The maximum atomic E-state index is 12.3. The normalized spacial score (nSPS) is 20.8. The Labute approximate surface area is 175 Å². The predicted octanol–water partition coefficient (Wildman–Crippen LogP) is 0.522. The van der Waals surface area contributed by atoms with Gasteiger partial charge < -0.3 is 21.1 Å². The van der Waals surface area contributed by atoms with Crippen molar-refractivity contribution in [2.24, 2.45) is 0 Å². The largest absolute Gasteiger partial charge is 0.378 e. The van der Waals surface area contributed by atoms with Gasteiger partial charge in [0.25, 0.3) is 0 Å². The Kier molecular flexibility index (Phi) is 10.5. The van der Waals surface area contributed by atoms with Gasteiger partial charge in [0.2, 0.25) is 17.7 Å². The molecule has 9 heteroatoms. The molecule has 2 atom stereocenters. The third kappa shape index (κ3) is 8.73. The highest BCUT2D eigenvalue weighted by Crippen LogP contribution is 2.31. The molecule has 1 aliphatic heterocycles.